The van der Waals surface area contributed by atoms with Crippen molar-refractivity contribution < 1.29 is 13.6 Å². The van der Waals surface area contributed by atoms with E-state index in [1.807, 2.05) is 35.2 Å². The lowest BCUT2D eigenvalue weighted by Gasteiger charge is -2.28. The van der Waals surface area contributed by atoms with Crippen LogP contribution in [0.2, 0.25) is 0 Å². The molecule has 1 saturated heterocycles. The van der Waals surface area contributed by atoms with Gasteiger partial charge in [0.05, 0.1) is 13.1 Å². The summed E-state index contributed by atoms with van der Waals surface area (Å²) in [6.45, 7) is 1.68. The van der Waals surface area contributed by atoms with E-state index in [-0.39, 0.29) is 36.1 Å². The number of carbonyl (C=O) groups is 1. The maximum Gasteiger partial charge on any atom is 0.281 e. The summed E-state index contributed by atoms with van der Waals surface area (Å²) >= 11 is 1.28. The Morgan fingerprint density at radius 1 is 1.18 bits per heavy atom. The van der Waals surface area contributed by atoms with Crippen molar-refractivity contribution >= 4 is 32.7 Å². The number of halogens is 2. The first kappa shape index (κ1) is 21.9. The minimum absolute atomic E-state index is 0.0674. The fourth-order valence-electron chi connectivity index (χ4n) is 4.46. The van der Waals surface area contributed by atoms with Gasteiger partial charge >= 0.3 is 0 Å². The van der Waals surface area contributed by atoms with E-state index in [0.717, 1.165) is 12.0 Å². The highest BCUT2D eigenvalue weighted by Crippen LogP contribution is 2.32. The summed E-state index contributed by atoms with van der Waals surface area (Å²) in [5, 5.41) is 3.60. The molecule has 33 heavy (non-hydrogen) atoms. The molecule has 2 aromatic heterocycles. The van der Waals surface area contributed by atoms with Crippen LogP contribution in [0, 0.1) is 0 Å². The number of anilines is 1. The van der Waals surface area contributed by atoms with Crippen molar-refractivity contribution in [3.05, 3.63) is 52.1 Å². The third kappa shape index (κ3) is 4.47. The van der Waals surface area contributed by atoms with Gasteiger partial charge in [0.25, 0.3) is 12.0 Å². The van der Waals surface area contributed by atoms with E-state index < -0.39 is 6.43 Å². The third-order valence-corrected chi connectivity index (χ3v) is 7.09. The molecule has 1 aromatic carbocycles. The number of amides is 1. The Kier molecular flexibility index (Phi) is 6.07. The fourth-order valence-corrected chi connectivity index (χ4v) is 5.48. The molecule has 2 aliphatic rings. The molecule has 0 aliphatic carbocycles. The summed E-state index contributed by atoms with van der Waals surface area (Å²) in [5.74, 6) is 0.412. The van der Waals surface area contributed by atoms with E-state index in [2.05, 4.69) is 15.3 Å². The summed E-state index contributed by atoms with van der Waals surface area (Å²) in [4.78, 5) is 39.1. The van der Waals surface area contributed by atoms with E-state index in [9.17, 15) is 18.4 Å². The first-order chi connectivity index (χ1) is 16.0. The number of nitrogens with one attached hydrogen (secondary N) is 1. The number of nitrogens with zero attached hydrogens (tertiary/aromatic N) is 5. The molecule has 0 unspecified atom stereocenters. The molecule has 0 saturated carbocycles. The zero-order chi connectivity index (χ0) is 22.9. The normalized spacial score (nSPS) is 18.8. The molecule has 0 bridgehead atoms. The molecule has 1 atom stereocenters. The molecule has 2 aliphatic heterocycles. The molecule has 1 fully saturated rings. The van der Waals surface area contributed by atoms with Gasteiger partial charge < -0.3 is 10.2 Å². The number of alkyl halides is 2. The largest absolute Gasteiger partial charge is 0.350 e. The van der Waals surface area contributed by atoms with Crippen LogP contribution in [0.25, 0.3) is 10.3 Å². The molecule has 0 radical (unpaired) electrons. The van der Waals surface area contributed by atoms with Gasteiger partial charge in [0.15, 0.2) is 15.5 Å². The Hall–Kier alpha value is -2.92. The van der Waals surface area contributed by atoms with Gasteiger partial charge in [-0.15, -0.1) is 0 Å². The fraction of sp³-hybridized carbons (Fsp3) is 0.455. The predicted molar refractivity (Wildman–Crippen MR) is 122 cm³/mol. The zero-order valence-corrected chi connectivity index (χ0v) is 18.7. The Balaban J connectivity index is 1.36. The summed E-state index contributed by atoms with van der Waals surface area (Å²) in [7, 11) is 0. The molecular weight excluding hydrogens is 450 g/mol. The van der Waals surface area contributed by atoms with Crippen molar-refractivity contribution in [3.63, 3.8) is 0 Å². The number of benzene rings is 1. The van der Waals surface area contributed by atoms with Gasteiger partial charge in [-0.2, -0.15) is 0 Å². The van der Waals surface area contributed by atoms with Crippen molar-refractivity contribution in [3.8, 4) is 0 Å². The number of rotatable bonds is 6. The number of thiazole rings is 1. The van der Waals surface area contributed by atoms with Gasteiger partial charge in [-0.05, 0) is 18.4 Å². The topological polar surface area (TPSA) is 83.4 Å². The highest BCUT2D eigenvalue weighted by atomic mass is 32.1. The maximum absolute atomic E-state index is 13.0. The number of hydrogen-bond donors (Lipinski definition) is 1. The lowest BCUT2D eigenvalue weighted by molar-refractivity contribution is -0.122. The standard InChI is InChI=1S/C22H24F2N6O2S/c23-16(24)12-28-9-10-30-17(13-28)26-20-18(21(30)32)27-22(33-20)29-8-4-7-15(29)19(31)25-11-14-5-2-1-3-6-14/h1-3,5-6,15-16H,4,7-13H2,(H,25,31)/t15-/m1/s1. The minimum atomic E-state index is -2.43. The number of fused-ring (bicyclic) bond motifs is 2. The van der Waals surface area contributed by atoms with E-state index in [0.29, 0.717) is 48.4 Å². The molecule has 174 valence electrons. The summed E-state index contributed by atoms with van der Waals surface area (Å²) in [5.41, 5.74) is 1.05. The van der Waals surface area contributed by atoms with Crippen molar-refractivity contribution in [1.29, 1.82) is 0 Å². The van der Waals surface area contributed by atoms with Gasteiger partial charge in [-0.1, -0.05) is 41.7 Å². The molecule has 0 spiro atoms. The summed E-state index contributed by atoms with van der Waals surface area (Å²) in [6, 6.07) is 9.37. The smallest absolute Gasteiger partial charge is 0.281 e. The Morgan fingerprint density at radius 2 is 2.00 bits per heavy atom. The second-order valence-corrected chi connectivity index (χ2v) is 9.27. The lowest BCUT2D eigenvalue weighted by atomic mass is 10.2. The highest BCUT2D eigenvalue weighted by Gasteiger charge is 2.33. The molecular formula is C22H24F2N6O2S. The minimum Gasteiger partial charge on any atom is -0.350 e. The van der Waals surface area contributed by atoms with Crippen LogP contribution in [0.1, 0.15) is 24.2 Å². The number of hydrogen-bond acceptors (Lipinski definition) is 7. The molecule has 11 heteroatoms. The predicted octanol–water partition coefficient (Wildman–Crippen LogP) is 2.22. The van der Waals surface area contributed by atoms with Crippen LogP contribution in [0.4, 0.5) is 13.9 Å². The Morgan fingerprint density at radius 3 is 2.79 bits per heavy atom. The van der Waals surface area contributed by atoms with Crippen LogP contribution in [0.15, 0.2) is 35.1 Å². The van der Waals surface area contributed by atoms with Gasteiger partial charge in [0.1, 0.15) is 11.9 Å². The Labute approximate surface area is 192 Å². The van der Waals surface area contributed by atoms with Crippen LogP contribution in [0.3, 0.4) is 0 Å². The highest BCUT2D eigenvalue weighted by molar-refractivity contribution is 7.21. The maximum atomic E-state index is 13.0. The SMILES string of the molecule is O=C(NCc1ccccc1)[C@H]1CCCN1c1nc2c(=O)n3c(nc2s1)CN(CC(F)F)CC3. The molecule has 1 N–H and O–H groups in total. The second-order valence-electron chi connectivity index (χ2n) is 8.32. The number of carbonyl (C=O) groups excluding carboxylic acids is 1. The first-order valence-corrected chi connectivity index (χ1v) is 11.8. The summed E-state index contributed by atoms with van der Waals surface area (Å²) in [6.07, 6.45) is -0.866. The van der Waals surface area contributed by atoms with Gasteiger partial charge in [0, 0.05) is 26.2 Å². The second kappa shape index (κ2) is 9.14. The van der Waals surface area contributed by atoms with E-state index >= 15 is 0 Å². The van der Waals surface area contributed by atoms with Crippen molar-refractivity contribution in [2.45, 2.75) is 44.9 Å². The zero-order valence-electron chi connectivity index (χ0n) is 17.9. The third-order valence-electron chi connectivity index (χ3n) is 6.10. The van der Waals surface area contributed by atoms with Gasteiger partial charge in [-0.25, -0.2) is 18.7 Å². The molecule has 1 amide bonds. The van der Waals surface area contributed by atoms with Crippen LogP contribution < -0.4 is 15.8 Å². The van der Waals surface area contributed by atoms with Gasteiger partial charge in [0.2, 0.25) is 5.91 Å². The average Bonchev–Trinajstić information content (AvgIpc) is 3.45. The number of aromatic nitrogens is 3. The monoisotopic (exact) mass is 474 g/mol. The van der Waals surface area contributed by atoms with Gasteiger partial charge in [-0.3, -0.25) is 19.1 Å². The Bertz CT molecular complexity index is 1210. The molecule has 4 heterocycles. The van der Waals surface area contributed by atoms with Crippen LogP contribution in [-0.4, -0.2) is 57.4 Å². The van der Waals surface area contributed by atoms with E-state index in [1.165, 1.54) is 15.9 Å². The van der Waals surface area contributed by atoms with E-state index in [1.54, 1.807) is 4.90 Å². The van der Waals surface area contributed by atoms with Crippen molar-refractivity contribution in [1.82, 2.24) is 24.8 Å². The quantitative estimate of drug-likeness (QED) is 0.590. The van der Waals surface area contributed by atoms with Crippen molar-refractivity contribution in [2.75, 3.05) is 24.5 Å². The average molecular weight is 475 g/mol. The van der Waals surface area contributed by atoms with Crippen molar-refractivity contribution in [2.24, 2.45) is 0 Å². The molecule has 5 rings (SSSR count). The van der Waals surface area contributed by atoms with Crippen LogP contribution in [-0.2, 0) is 24.4 Å². The molecule has 8 nitrogen and oxygen atoms in total. The van der Waals surface area contributed by atoms with E-state index in [4.69, 9.17) is 0 Å². The van der Waals surface area contributed by atoms with Crippen LogP contribution >= 0.6 is 11.3 Å². The summed E-state index contributed by atoms with van der Waals surface area (Å²) < 4.78 is 27.1. The first-order valence-electron chi connectivity index (χ1n) is 11.0. The lowest BCUT2D eigenvalue weighted by Crippen LogP contribution is -2.43. The molecule has 3 aromatic rings. The van der Waals surface area contributed by atoms with Crippen LogP contribution in [0.5, 0.6) is 0 Å².